The first kappa shape index (κ1) is 16.5. The van der Waals surface area contributed by atoms with Crippen molar-refractivity contribution in [1.29, 1.82) is 0 Å². The zero-order valence-electron chi connectivity index (χ0n) is 13.3. The number of methoxy groups -OCH3 is 1. The summed E-state index contributed by atoms with van der Waals surface area (Å²) >= 11 is 0. The van der Waals surface area contributed by atoms with E-state index in [1.165, 1.54) is 0 Å². The van der Waals surface area contributed by atoms with Gasteiger partial charge in [-0.25, -0.2) is 0 Å². The summed E-state index contributed by atoms with van der Waals surface area (Å²) in [5.74, 6) is 0.423. The Morgan fingerprint density at radius 1 is 1.09 bits per heavy atom. The van der Waals surface area contributed by atoms with Crippen LogP contribution in [-0.2, 0) is 14.2 Å². The molecule has 2 fully saturated rings. The summed E-state index contributed by atoms with van der Waals surface area (Å²) in [6, 6.07) is 7.03. The van der Waals surface area contributed by atoms with E-state index in [0.717, 1.165) is 0 Å². The molecule has 128 valence electrons. The number of rotatable bonds is 4. The maximum Gasteiger partial charge on any atom is 0.229 e. The topological polar surface area (TPSA) is 86.6 Å². The highest BCUT2D eigenvalue weighted by Crippen LogP contribution is 2.38. The van der Waals surface area contributed by atoms with Gasteiger partial charge in [0.2, 0.25) is 6.29 Å². The van der Waals surface area contributed by atoms with Gasteiger partial charge in [-0.15, -0.1) is 0 Å². The Morgan fingerprint density at radius 2 is 1.70 bits per heavy atom. The van der Waals surface area contributed by atoms with Crippen LogP contribution in [0.2, 0.25) is 0 Å². The summed E-state index contributed by atoms with van der Waals surface area (Å²) in [7, 11) is 1.59. The van der Waals surface area contributed by atoms with Gasteiger partial charge in [-0.2, -0.15) is 0 Å². The SMILES string of the molecule is COc1ccc(O[C@@H]2O[C@H](CO)[C@@H](O)[C@@H]3OC(C)(C)O[C@@H]23)cc1. The Bertz CT molecular complexity index is 530. The highest BCUT2D eigenvalue weighted by molar-refractivity contribution is 5.31. The smallest absolute Gasteiger partial charge is 0.229 e. The molecule has 2 aliphatic rings. The van der Waals surface area contributed by atoms with Crippen LogP contribution in [0.25, 0.3) is 0 Å². The van der Waals surface area contributed by atoms with Gasteiger partial charge in [0.15, 0.2) is 11.9 Å². The van der Waals surface area contributed by atoms with E-state index in [0.29, 0.717) is 11.5 Å². The predicted molar refractivity (Wildman–Crippen MR) is 79.2 cm³/mol. The number of fused-ring (bicyclic) bond motifs is 1. The predicted octanol–water partition coefficient (Wildman–Crippen LogP) is 0.672. The molecule has 0 aliphatic carbocycles. The summed E-state index contributed by atoms with van der Waals surface area (Å²) in [6.45, 7) is 3.18. The van der Waals surface area contributed by atoms with Gasteiger partial charge in [-0.1, -0.05) is 0 Å². The van der Waals surface area contributed by atoms with Crippen molar-refractivity contribution >= 4 is 0 Å². The lowest BCUT2D eigenvalue weighted by atomic mass is 9.99. The van der Waals surface area contributed by atoms with E-state index >= 15 is 0 Å². The fourth-order valence-electron chi connectivity index (χ4n) is 2.87. The Kier molecular flexibility index (Phi) is 4.48. The molecule has 0 bridgehead atoms. The van der Waals surface area contributed by atoms with E-state index in [2.05, 4.69) is 0 Å². The van der Waals surface area contributed by atoms with Crippen LogP contribution in [0.5, 0.6) is 11.5 Å². The maximum absolute atomic E-state index is 10.3. The highest BCUT2D eigenvalue weighted by atomic mass is 16.8. The minimum atomic E-state index is -0.984. The van der Waals surface area contributed by atoms with Crippen molar-refractivity contribution in [3.05, 3.63) is 24.3 Å². The largest absolute Gasteiger partial charge is 0.497 e. The minimum absolute atomic E-state index is 0.337. The van der Waals surface area contributed by atoms with Gasteiger partial charge in [0, 0.05) is 0 Å². The molecule has 0 saturated carbocycles. The molecule has 2 aliphatic heterocycles. The monoisotopic (exact) mass is 326 g/mol. The zero-order chi connectivity index (χ0) is 16.6. The fraction of sp³-hybridized carbons (Fsp3) is 0.625. The molecule has 0 spiro atoms. The molecule has 7 heteroatoms. The van der Waals surface area contributed by atoms with Crippen LogP contribution in [0.1, 0.15) is 13.8 Å². The molecule has 0 amide bonds. The van der Waals surface area contributed by atoms with Gasteiger partial charge < -0.3 is 33.9 Å². The summed E-state index contributed by atoms with van der Waals surface area (Å²) < 4.78 is 28.1. The highest BCUT2D eigenvalue weighted by Gasteiger charge is 2.55. The fourth-order valence-corrected chi connectivity index (χ4v) is 2.87. The van der Waals surface area contributed by atoms with Crippen molar-refractivity contribution in [3.8, 4) is 11.5 Å². The first-order chi connectivity index (χ1) is 10.9. The van der Waals surface area contributed by atoms with Gasteiger partial charge in [0.25, 0.3) is 0 Å². The van der Waals surface area contributed by atoms with Crippen molar-refractivity contribution in [1.82, 2.24) is 0 Å². The van der Waals surface area contributed by atoms with Gasteiger partial charge in [-0.3, -0.25) is 0 Å². The normalized spacial score (nSPS) is 35.6. The van der Waals surface area contributed by atoms with Crippen molar-refractivity contribution in [2.75, 3.05) is 13.7 Å². The zero-order valence-corrected chi connectivity index (χ0v) is 13.3. The molecule has 1 aromatic rings. The van der Waals surface area contributed by atoms with E-state index in [1.54, 1.807) is 45.2 Å². The van der Waals surface area contributed by atoms with E-state index in [1.807, 2.05) is 0 Å². The molecule has 3 rings (SSSR count). The van der Waals surface area contributed by atoms with Crippen LogP contribution < -0.4 is 9.47 Å². The second-order valence-corrected chi connectivity index (χ2v) is 6.07. The molecule has 7 nitrogen and oxygen atoms in total. The third kappa shape index (κ3) is 3.29. The lowest BCUT2D eigenvalue weighted by Crippen LogP contribution is -2.58. The van der Waals surface area contributed by atoms with Crippen LogP contribution in [0, 0.1) is 0 Å². The Hall–Kier alpha value is -1.38. The second-order valence-electron chi connectivity index (χ2n) is 6.07. The van der Waals surface area contributed by atoms with E-state index in [4.69, 9.17) is 23.7 Å². The molecule has 1 aromatic carbocycles. The molecular weight excluding hydrogens is 304 g/mol. The van der Waals surface area contributed by atoms with E-state index in [-0.39, 0.29) is 6.61 Å². The van der Waals surface area contributed by atoms with E-state index in [9.17, 15) is 10.2 Å². The first-order valence-electron chi connectivity index (χ1n) is 7.54. The molecule has 2 saturated heterocycles. The average molecular weight is 326 g/mol. The number of aliphatic hydroxyl groups is 2. The lowest BCUT2D eigenvalue weighted by molar-refractivity contribution is -0.252. The molecule has 2 heterocycles. The van der Waals surface area contributed by atoms with Crippen LogP contribution in [0.4, 0.5) is 0 Å². The third-order valence-electron chi connectivity index (χ3n) is 3.95. The first-order valence-corrected chi connectivity index (χ1v) is 7.54. The third-order valence-corrected chi connectivity index (χ3v) is 3.95. The summed E-state index contributed by atoms with van der Waals surface area (Å²) in [5, 5.41) is 19.7. The molecule has 0 unspecified atom stereocenters. The van der Waals surface area contributed by atoms with Crippen LogP contribution in [0.3, 0.4) is 0 Å². The Morgan fingerprint density at radius 3 is 2.30 bits per heavy atom. The molecular formula is C16H22O7. The van der Waals surface area contributed by atoms with Crippen LogP contribution in [0.15, 0.2) is 24.3 Å². The van der Waals surface area contributed by atoms with Gasteiger partial charge >= 0.3 is 0 Å². The number of aliphatic hydroxyl groups excluding tert-OH is 2. The maximum atomic E-state index is 10.3. The summed E-state index contributed by atoms with van der Waals surface area (Å²) in [4.78, 5) is 0. The van der Waals surface area contributed by atoms with Gasteiger partial charge in [-0.05, 0) is 38.1 Å². The summed E-state index contributed by atoms with van der Waals surface area (Å²) in [6.07, 6.45) is -3.79. The van der Waals surface area contributed by atoms with Crippen LogP contribution >= 0.6 is 0 Å². The average Bonchev–Trinajstić information content (AvgIpc) is 2.87. The summed E-state index contributed by atoms with van der Waals surface area (Å²) in [5.41, 5.74) is 0. The second kappa shape index (κ2) is 6.26. The molecule has 5 atom stereocenters. The van der Waals surface area contributed by atoms with Gasteiger partial charge in [0.1, 0.15) is 29.8 Å². The quantitative estimate of drug-likeness (QED) is 0.841. The van der Waals surface area contributed by atoms with Crippen molar-refractivity contribution < 1.29 is 33.9 Å². The van der Waals surface area contributed by atoms with Crippen molar-refractivity contribution in [3.63, 3.8) is 0 Å². The molecule has 0 aromatic heterocycles. The van der Waals surface area contributed by atoms with Crippen molar-refractivity contribution in [2.24, 2.45) is 0 Å². The number of ether oxygens (including phenoxy) is 5. The Labute approximate surface area is 134 Å². The standard InChI is InChI=1S/C16H22O7/c1-16(2)22-13-12(18)11(8-17)21-15(14(13)23-16)20-10-6-4-9(19-3)5-7-10/h4-7,11-15,17-18H,8H2,1-3H3/t11-,12-,13+,14-,15-/m1/s1. The molecule has 0 radical (unpaired) electrons. The van der Waals surface area contributed by atoms with Gasteiger partial charge in [0.05, 0.1) is 13.7 Å². The number of benzene rings is 1. The van der Waals surface area contributed by atoms with Crippen molar-refractivity contribution in [2.45, 2.75) is 50.3 Å². The molecule has 2 N–H and O–H groups in total. The number of hydrogen-bond donors (Lipinski definition) is 2. The minimum Gasteiger partial charge on any atom is -0.497 e. The Balaban J connectivity index is 1.78. The molecule has 23 heavy (non-hydrogen) atoms. The lowest BCUT2D eigenvalue weighted by Gasteiger charge is -2.39. The number of hydrogen-bond acceptors (Lipinski definition) is 7. The van der Waals surface area contributed by atoms with E-state index < -0.39 is 36.5 Å². The van der Waals surface area contributed by atoms with Crippen LogP contribution in [-0.4, -0.2) is 60.4 Å².